The highest BCUT2D eigenvalue weighted by Crippen LogP contribution is 2.28. The van der Waals surface area contributed by atoms with Crippen LogP contribution in [-0.4, -0.2) is 65.7 Å². The number of halogens is 2. The number of hydrogen-bond acceptors (Lipinski definition) is 5. The van der Waals surface area contributed by atoms with Gasteiger partial charge in [0.15, 0.2) is 0 Å². The second kappa shape index (κ2) is 8.16. The third kappa shape index (κ3) is 4.30. The first kappa shape index (κ1) is 19.9. The minimum atomic E-state index is -2.32. The third-order valence-corrected chi connectivity index (χ3v) is 5.80. The molecule has 1 aromatic carbocycles. The first-order valence-corrected chi connectivity index (χ1v) is 9.91. The van der Waals surface area contributed by atoms with E-state index in [0.717, 1.165) is 17.7 Å². The van der Waals surface area contributed by atoms with Crippen LogP contribution in [0.2, 0.25) is 0 Å². The number of piperazine rings is 1. The minimum absolute atomic E-state index is 0.157. The molecule has 0 aromatic heterocycles. The summed E-state index contributed by atoms with van der Waals surface area (Å²) < 4.78 is 25.3. The third-order valence-electron chi connectivity index (χ3n) is 5.80. The predicted molar refractivity (Wildman–Crippen MR) is 100 cm³/mol. The monoisotopic (exact) mass is 406 g/mol. The zero-order chi connectivity index (χ0) is 20.5. The average molecular weight is 406 g/mol. The molecule has 0 bridgehead atoms. The highest BCUT2D eigenvalue weighted by molar-refractivity contribution is 6.05. The molecule has 4 rings (SSSR count). The molecule has 7 nitrogen and oxygen atoms in total. The number of fused-ring (bicyclic) bond motifs is 1. The molecule has 3 aliphatic rings. The van der Waals surface area contributed by atoms with E-state index in [1.807, 2.05) is 12.1 Å². The number of hydrogen-bond donors (Lipinski definition) is 2. The summed E-state index contributed by atoms with van der Waals surface area (Å²) in [6, 6.07) is 4.78. The van der Waals surface area contributed by atoms with Crippen molar-refractivity contribution in [3.63, 3.8) is 0 Å². The smallest absolute Gasteiger partial charge is 0.255 e. The van der Waals surface area contributed by atoms with Crippen molar-refractivity contribution < 1.29 is 23.2 Å². The molecule has 29 heavy (non-hydrogen) atoms. The van der Waals surface area contributed by atoms with Gasteiger partial charge in [0.05, 0.1) is 0 Å². The van der Waals surface area contributed by atoms with E-state index in [1.165, 1.54) is 4.90 Å². The summed E-state index contributed by atoms with van der Waals surface area (Å²) in [5, 5.41) is 5.43. The number of nitrogens with one attached hydrogen (secondary N) is 2. The van der Waals surface area contributed by atoms with Crippen molar-refractivity contribution in [3.8, 4) is 0 Å². The van der Waals surface area contributed by atoms with Crippen molar-refractivity contribution in [2.45, 2.75) is 50.9 Å². The Morgan fingerprint density at radius 2 is 2.03 bits per heavy atom. The molecule has 2 saturated heterocycles. The summed E-state index contributed by atoms with van der Waals surface area (Å²) in [6.45, 7) is 2.97. The van der Waals surface area contributed by atoms with Crippen molar-refractivity contribution in [2.24, 2.45) is 0 Å². The molecule has 0 saturated carbocycles. The van der Waals surface area contributed by atoms with Crippen molar-refractivity contribution in [2.75, 3.05) is 19.6 Å². The van der Waals surface area contributed by atoms with E-state index in [0.29, 0.717) is 38.2 Å². The van der Waals surface area contributed by atoms with Crippen LogP contribution in [0.1, 0.15) is 40.7 Å². The zero-order valence-corrected chi connectivity index (χ0v) is 16.0. The summed E-state index contributed by atoms with van der Waals surface area (Å²) in [6.07, 6.45) is -1.92. The van der Waals surface area contributed by atoms with Gasteiger partial charge in [-0.2, -0.15) is 0 Å². The Labute approximate surface area is 167 Å². The Morgan fingerprint density at radius 1 is 1.21 bits per heavy atom. The summed E-state index contributed by atoms with van der Waals surface area (Å²) in [5.41, 5.74) is 2.45. The Morgan fingerprint density at radius 3 is 2.79 bits per heavy atom. The number of carbonyl (C=O) groups is 3. The van der Waals surface area contributed by atoms with Crippen LogP contribution in [0.25, 0.3) is 0 Å². The average Bonchev–Trinajstić information content (AvgIpc) is 2.97. The Bertz CT molecular complexity index is 832. The van der Waals surface area contributed by atoms with Gasteiger partial charge < -0.3 is 10.2 Å². The Kier molecular flexibility index (Phi) is 5.60. The molecule has 9 heteroatoms. The van der Waals surface area contributed by atoms with Crippen molar-refractivity contribution in [3.05, 3.63) is 34.9 Å². The van der Waals surface area contributed by atoms with Crippen LogP contribution >= 0.6 is 0 Å². The van der Waals surface area contributed by atoms with E-state index in [4.69, 9.17) is 0 Å². The maximum Gasteiger partial charge on any atom is 0.255 e. The number of piperidine rings is 1. The van der Waals surface area contributed by atoms with Crippen LogP contribution in [0.15, 0.2) is 18.2 Å². The fourth-order valence-corrected chi connectivity index (χ4v) is 4.40. The van der Waals surface area contributed by atoms with Gasteiger partial charge in [-0.25, -0.2) is 8.78 Å². The molecular weight excluding hydrogens is 382 g/mol. The molecule has 1 aromatic rings. The number of rotatable bonds is 5. The van der Waals surface area contributed by atoms with Crippen molar-refractivity contribution in [1.82, 2.24) is 20.4 Å². The lowest BCUT2D eigenvalue weighted by Gasteiger charge is -2.33. The van der Waals surface area contributed by atoms with E-state index in [2.05, 4.69) is 15.5 Å². The quantitative estimate of drug-likeness (QED) is 0.710. The van der Waals surface area contributed by atoms with Crippen molar-refractivity contribution in [1.29, 1.82) is 0 Å². The highest BCUT2D eigenvalue weighted by Gasteiger charge is 2.39. The largest absolute Gasteiger partial charge is 0.322 e. The lowest BCUT2D eigenvalue weighted by molar-refractivity contribution is -0.136. The number of amides is 3. The molecule has 2 N–H and O–H groups in total. The maximum atomic E-state index is 12.7. The van der Waals surface area contributed by atoms with E-state index in [-0.39, 0.29) is 30.7 Å². The SMILES string of the molecule is O=C1CCC(N2Cc3cc(CN4CCNC(CC(F)F)C4)ccc3C2=O)C(=O)N1. The molecule has 3 amide bonds. The number of carbonyl (C=O) groups excluding carboxylic acids is 3. The fourth-order valence-electron chi connectivity index (χ4n) is 4.40. The molecule has 2 fully saturated rings. The van der Waals surface area contributed by atoms with Gasteiger partial charge in [-0.1, -0.05) is 12.1 Å². The number of benzene rings is 1. The van der Waals surface area contributed by atoms with Crippen molar-refractivity contribution >= 4 is 17.7 Å². The fraction of sp³-hybridized carbons (Fsp3) is 0.550. The van der Waals surface area contributed by atoms with Gasteiger partial charge in [0.25, 0.3) is 5.91 Å². The molecule has 2 atom stereocenters. The topological polar surface area (TPSA) is 81.8 Å². The van der Waals surface area contributed by atoms with Crippen LogP contribution in [-0.2, 0) is 22.7 Å². The zero-order valence-electron chi connectivity index (χ0n) is 16.0. The number of alkyl halides is 2. The van der Waals surface area contributed by atoms with Gasteiger partial charge in [-0.15, -0.1) is 0 Å². The molecule has 3 aliphatic heterocycles. The summed E-state index contributed by atoms with van der Waals surface area (Å²) in [4.78, 5) is 39.9. The minimum Gasteiger partial charge on any atom is -0.322 e. The van der Waals surface area contributed by atoms with Gasteiger partial charge in [0.2, 0.25) is 18.2 Å². The molecule has 3 heterocycles. The lowest BCUT2D eigenvalue weighted by atomic mass is 10.0. The van der Waals surface area contributed by atoms with Gasteiger partial charge in [-0.3, -0.25) is 24.6 Å². The maximum absolute atomic E-state index is 12.7. The highest BCUT2D eigenvalue weighted by atomic mass is 19.3. The van der Waals surface area contributed by atoms with E-state index < -0.39 is 18.4 Å². The molecule has 0 spiro atoms. The molecule has 0 radical (unpaired) electrons. The number of imide groups is 1. The van der Waals surface area contributed by atoms with Gasteiger partial charge in [0.1, 0.15) is 6.04 Å². The molecular formula is C20H24F2N4O3. The first-order chi connectivity index (χ1) is 13.9. The summed E-state index contributed by atoms with van der Waals surface area (Å²) in [7, 11) is 0. The van der Waals surface area contributed by atoms with Gasteiger partial charge in [-0.05, 0) is 23.6 Å². The normalized spacial score (nSPS) is 25.5. The molecule has 2 unspecified atom stereocenters. The summed E-state index contributed by atoms with van der Waals surface area (Å²) in [5.74, 6) is -0.924. The standard InChI is InChI=1S/C20H24F2N4O3/c21-17(22)8-14-11-25(6-5-23-14)9-12-1-2-15-13(7-12)10-26(20(15)29)16-3-4-18(27)24-19(16)28/h1-2,7,14,16-17,23H,3-6,8-11H2,(H,24,27,28). The van der Waals surface area contributed by atoms with Gasteiger partial charge in [0, 0.05) is 57.2 Å². The van der Waals surface area contributed by atoms with Gasteiger partial charge >= 0.3 is 0 Å². The van der Waals surface area contributed by atoms with E-state index in [9.17, 15) is 23.2 Å². The molecule has 0 aliphatic carbocycles. The Hall–Kier alpha value is -2.39. The summed E-state index contributed by atoms with van der Waals surface area (Å²) >= 11 is 0. The first-order valence-electron chi connectivity index (χ1n) is 9.91. The van der Waals surface area contributed by atoms with Crippen LogP contribution in [0, 0.1) is 0 Å². The molecule has 156 valence electrons. The van der Waals surface area contributed by atoms with Crippen LogP contribution in [0.5, 0.6) is 0 Å². The second-order valence-corrected chi connectivity index (χ2v) is 7.90. The van der Waals surface area contributed by atoms with E-state index in [1.54, 1.807) is 6.07 Å². The predicted octanol–water partition coefficient (Wildman–Crippen LogP) is 0.877. The van der Waals surface area contributed by atoms with Crippen LogP contribution in [0.4, 0.5) is 8.78 Å². The second-order valence-electron chi connectivity index (χ2n) is 7.90. The lowest BCUT2D eigenvalue weighted by Crippen LogP contribution is -2.52. The van der Waals surface area contributed by atoms with Crippen LogP contribution < -0.4 is 10.6 Å². The van der Waals surface area contributed by atoms with E-state index >= 15 is 0 Å². The Balaban J connectivity index is 1.42. The van der Waals surface area contributed by atoms with Crippen LogP contribution in [0.3, 0.4) is 0 Å². The number of nitrogens with zero attached hydrogens (tertiary/aromatic N) is 2.